The summed E-state index contributed by atoms with van der Waals surface area (Å²) >= 11 is 0. The van der Waals surface area contributed by atoms with Crippen molar-refractivity contribution in [3.05, 3.63) is 48.5 Å². The molecule has 0 heterocycles. The maximum absolute atomic E-state index is 11.3. The Kier molecular flexibility index (Phi) is 2.90. The highest BCUT2D eigenvalue weighted by atomic mass is 32.2. The van der Waals surface area contributed by atoms with Crippen LogP contribution in [-0.2, 0) is 9.84 Å². The topological polar surface area (TPSA) is 60.2 Å². The van der Waals surface area contributed by atoms with E-state index in [1.54, 1.807) is 24.3 Å². The van der Waals surface area contributed by atoms with E-state index in [1.165, 1.54) is 6.26 Å². The van der Waals surface area contributed by atoms with Crippen molar-refractivity contribution in [2.45, 2.75) is 4.90 Å². The van der Waals surface area contributed by atoms with Crippen molar-refractivity contribution in [2.24, 2.45) is 0 Å². The minimum absolute atomic E-state index is 0.316. The van der Waals surface area contributed by atoms with E-state index >= 15 is 0 Å². The molecular weight excluding hydrogens is 234 g/mol. The lowest BCUT2D eigenvalue weighted by atomic mass is 10.0. The second-order valence-corrected chi connectivity index (χ2v) is 5.90. The molecular formula is C13H13NO2S. The second kappa shape index (κ2) is 4.22. The minimum atomic E-state index is -3.14. The van der Waals surface area contributed by atoms with Crippen molar-refractivity contribution in [3.63, 3.8) is 0 Å². The average molecular weight is 247 g/mol. The van der Waals surface area contributed by atoms with Crippen LogP contribution in [0.1, 0.15) is 0 Å². The summed E-state index contributed by atoms with van der Waals surface area (Å²) in [6.45, 7) is 0. The number of benzene rings is 2. The zero-order chi connectivity index (χ0) is 12.5. The molecule has 0 bridgehead atoms. The molecule has 3 nitrogen and oxygen atoms in total. The lowest BCUT2D eigenvalue weighted by Gasteiger charge is -2.06. The lowest BCUT2D eigenvalue weighted by Crippen LogP contribution is -1.96. The number of para-hydroxylation sites is 1. The van der Waals surface area contributed by atoms with Crippen LogP contribution in [0.15, 0.2) is 53.4 Å². The molecule has 17 heavy (non-hydrogen) atoms. The van der Waals surface area contributed by atoms with Crippen LogP contribution in [0.25, 0.3) is 11.1 Å². The van der Waals surface area contributed by atoms with Gasteiger partial charge in [0.05, 0.1) is 4.90 Å². The number of hydrogen-bond donors (Lipinski definition) is 1. The maximum atomic E-state index is 11.3. The van der Waals surface area contributed by atoms with Gasteiger partial charge in [-0.2, -0.15) is 0 Å². The first-order valence-corrected chi connectivity index (χ1v) is 7.02. The summed E-state index contributed by atoms with van der Waals surface area (Å²) < 4.78 is 22.6. The summed E-state index contributed by atoms with van der Waals surface area (Å²) in [6, 6.07) is 14.2. The van der Waals surface area contributed by atoms with Crippen LogP contribution in [0.3, 0.4) is 0 Å². The number of rotatable bonds is 2. The molecule has 4 heteroatoms. The molecule has 0 amide bonds. The monoisotopic (exact) mass is 247 g/mol. The largest absolute Gasteiger partial charge is 0.398 e. The average Bonchev–Trinajstić information content (AvgIpc) is 2.29. The molecule has 0 spiro atoms. The first kappa shape index (κ1) is 11.7. The van der Waals surface area contributed by atoms with Gasteiger partial charge in [0.25, 0.3) is 0 Å². The fourth-order valence-corrected chi connectivity index (χ4v) is 2.27. The van der Waals surface area contributed by atoms with Gasteiger partial charge in [0, 0.05) is 17.5 Å². The molecule has 2 rings (SSSR count). The molecule has 0 unspecified atom stereocenters. The molecule has 0 saturated heterocycles. The quantitative estimate of drug-likeness (QED) is 0.829. The lowest BCUT2D eigenvalue weighted by molar-refractivity contribution is 0.602. The molecule has 2 aromatic rings. The number of nitrogen functional groups attached to an aromatic ring is 1. The van der Waals surface area contributed by atoms with Gasteiger partial charge >= 0.3 is 0 Å². The molecule has 0 saturated carbocycles. The van der Waals surface area contributed by atoms with Gasteiger partial charge in [-0.05, 0) is 23.8 Å². The highest BCUT2D eigenvalue weighted by Gasteiger charge is 2.07. The number of hydrogen-bond acceptors (Lipinski definition) is 3. The van der Waals surface area contributed by atoms with Gasteiger partial charge in [0.15, 0.2) is 9.84 Å². The fourth-order valence-electron chi connectivity index (χ4n) is 1.64. The van der Waals surface area contributed by atoms with E-state index in [0.29, 0.717) is 10.6 Å². The molecule has 0 radical (unpaired) electrons. The number of nitrogens with two attached hydrogens (primary N) is 1. The molecule has 0 aliphatic carbocycles. The van der Waals surface area contributed by atoms with Gasteiger partial charge in [0.2, 0.25) is 0 Å². The third kappa shape index (κ3) is 2.47. The summed E-state index contributed by atoms with van der Waals surface area (Å²) in [4.78, 5) is 0.316. The normalized spacial score (nSPS) is 11.4. The molecule has 0 aliphatic rings. The van der Waals surface area contributed by atoms with Crippen molar-refractivity contribution in [1.82, 2.24) is 0 Å². The van der Waals surface area contributed by atoms with Crippen molar-refractivity contribution < 1.29 is 8.42 Å². The Balaban J connectivity index is 2.47. The van der Waals surface area contributed by atoms with Crippen LogP contribution in [0, 0.1) is 0 Å². The van der Waals surface area contributed by atoms with Gasteiger partial charge < -0.3 is 5.73 Å². The van der Waals surface area contributed by atoms with E-state index in [0.717, 1.165) is 11.1 Å². The van der Waals surface area contributed by atoms with Gasteiger partial charge in [-0.1, -0.05) is 30.3 Å². The predicted molar refractivity (Wildman–Crippen MR) is 69.4 cm³/mol. The summed E-state index contributed by atoms with van der Waals surface area (Å²) in [5, 5.41) is 0. The Morgan fingerprint density at radius 2 is 1.53 bits per heavy atom. The van der Waals surface area contributed by atoms with Gasteiger partial charge in [-0.3, -0.25) is 0 Å². The van der Waals surface area contributed by atoms with Gasteiger partial charge in [-0.25, -0.2) is 8.42 Å². The summed E-state index contributed by atoms with van der Waals surface area (Å²) in [5.41, 5.74) is 8.36. The summed E-state index contributed by atoms with van der Waals surface area (Å²) in [5.74, 6) is 0. The third-order valence-corrected chi connectivity index (χ3v) is 3.68. The predicted octanol–water partition coefficient (Wildman–Crippen LogP) is 2.34. The highest BCUT2D eigenvalue weighted by molar-refractivity contribution is 7.90. The van der Waals surface area contributed by atoms with Gasteiger partial charge in [0.1, 0.15) is 0 Å². The van der Waals surface area contributed by atoms with E-state index in [1.807, 2.05) is 24.3 Å². The van der Waals surface area contributed by atoms with Crippen molar-refractivity contribution in [2.75, 3.05) is 12.0 Å². The van der Waals surface area contributed by atoms with Crippen molar-refractivity contribution in [1.29, 1.82) is 0 Å². The second-order valence-electron chi connectivity index (χ2n) is 3.88. The van der Waals surface area contributed by atoms with E-state index in [4.69, 9.17) is 5.73 Å². The van der Waals surface area contributed by atoms with Crippen LogP contribution >= 0.6 is 0 Å². The first-order valence-electron chi connectivity index (χ1n) is 5.13. The minimum Gasteiger partial charge on any atom is -0.398 e. The molecule has 0 aromatic heterocycles. The molecule has 0 fully saturated rings. The standard InChI is InChI=1S/C13H13NO2S/c1-17(15,16)11-8-6-10(7-9-11)12-4-2-3-5-13(12)14/h2-9H,14H2,1H3. The maximum Gasteiger partial charge on any atom is 0.175 e. The van der Waals surface area contributed by atoms with Crippen LogP contribution < -0.4 is 5.73 Å². The Morgan fingerprint density at radius 1 is 0.941 bits per heavy atom. The first-order chi connectivity index (χ1) is 7.98. The van der Waals surface area contributed by atoms with Crippen LogP contribution in [0.4, 0.5) is 5.69 Å². The fraction of sp³-hybridized carbons (Fsp3) is 0.0769. The Labute approximate surface area is 101 Å². The molecule has 0 aliphatic heterocycles. The SMILES string of the molecule is CS(=O)(=O)c1ccc(-c2ccccc2N)cc1. The third-order valence-electron chi connectivity index (χ3n) is 2.55. The highest BCUT2D eigenvalue weighted by Crippen LogP contribution is 2.26. The Morgan fingerprint density at radius 3 is 2.06 bits per heavy atom. The molecule has 2 N–H and O–H groups in total. The van der Waals surface area contributed by atoms with Crippen LogP contribution in [0.5, 0.6) is 0 Å². The van der Waals surface area contributed by atoms with Crippen LogP contribution in [-0.4, -0.2) is 14.7 Å². The van der Waals surface area contributed by atoms with E-state index in [9.17, 15) is 8.42 Å². The number of anilines is 1. The molecule has 88 valence electrons. The Bertz CT molecular complexity index is 631. The van der Waals surface area contributed by atoms with Gasteiger partial charge in [-0.15, -0.1) is 0 Å². The van der Waals surface area contributed by atoms with Crippen LogP contribution in [0.2, 0.25) is 0 Å². The zero-order valence-electron chi connectivity index (χ0n) is 9.42. The molecule has 0 atom stereocenters. The molecule has 2 aromatic carbocycles. The Hall–Kier alpha value is -1.81. The van der Waals surface area contributed by atoms with Crippen molar-refractivity contribution in [3.8, 4) is 11.1 Å². The van der Waals surface area contributed by atoms with E-state index in [-0.39, 0.29) is 0 Å². The zero-order valence-corrected chi connectivity index (χ0v) is 10.2. The summed E-state index contributed by atoms with van der Waals surface area (Å²) in [6.07, 6.45) is 1.19. The smallest absolute Gasteiger partial charge is 0.175 e. The van der Waals surface area contributed by atoms with E-state index < -0.39 is 9.84 Å². The van der Waals surface area contributed by atoms with Crippen molar-refractivity contribution >= 4 is 15.5 Å². The van der Waals surface area contributed by atoms with E-state index in [2.05, 4.69) is 0 Å². The number of sulfone groups is 1. The summed E-state index contributed by atoms with van der Waals surface area (Å²) in [7, 11) is -3.14.